The number of rotatable bonds is 4. The van der Waals surface area contributed by atoms with Crippen LogP contribution in [0.1, 0.15) is 10.4 Å². The maximum absolute atomic E-state index is 12.8. The Morgan fingerprint density at radius 1 is 1.00 bits per heavy atom. The summed E-state index contributed by atoms with van der Waals surface area (Å²) in [6, 6.07) is 10.2. The van der Waals surface area contributed by atoms with Crippen LogP contribution in [0.4, 0.5) is 5.69 Å². The number of nitrogens with one attached hydrogen (secondary N) is 1. The van der Waals surface area contributed by atoms with Crippen molar-refractivity contribution in [2.45, 2.75) is 4.90 Å². The smallest absolute Gasteiger partial charge is 0.261 e. The lowest BCUT2D eigenvalue weighted by atomic mass is 10.1. The Kier molecular flexibility index (Phi) is 5.72. The first-order chi connectivity index (χ1) is 12.4. The van der Waals surface area contributed by atoms with E-state index in [9.17, 15) is 13.2 Å². The van der Waals surface area contributed by atoms with E-state index in [0.29, 0.717) is 36.3 Å². The zero-order chi connectivity index (χ0) is 18.7. The Morgan fingerprint density at radius 2 is 1.62 bits per heavy atom. The fraction of sp³-hybridized carbons (Fsp3) is 0.235. The van der Waals surface area contributed by atoms with Crippen molar-refractivity contribution in [2.75, 3.05) is 31.0 Å². The zero-order valence-electron chi connectivity index (χ0n) is 13.6. The van der Waals surface area contributed by atoms with E-state index in [-0.39, 0.29) is 22.1 Å². The van der Waals surface area contributed by atoms with E-state index in [1.807, 2.05) is 0 Å². The van der Waals surface area contributed by atoms with Crippen LogP contribution < -0.4 is 4.72 Å². The molecule has 0 spiro atoms. The Bertz CT molecular complexity index is 911. The minimum Gasteiger partial charge on any atom is -0.378 e. The van der Waals surface area contributed by atoms with Crippen LogP contribution >= 0.6 is 23.2 Å². The van der Waals surface area contributed by atoms with Gasteiger partial charge in [-0.25, -0.2) is 8.42 Å². The summed E-state index contributed by atoms with van der Waals surface area (Å²) >= 11 is 11.8. The van der Waals surface area contributed by atoms with Crippen molar-refractivity contribution in [3.05, 3.63) is 58.1 Å². The molecule has 1 saturated heterocycles. The number of sulfonamides is 1. The maximum atomic E-state index is 12.8. The van der Waals surface area contributed by atoms with Crippen molar-refractivity contribution in [2.24, 2.45) is 0 Å². The summed E-state index contributed by atoms with van der Waals surface area (Å²) in [6.45, 7) is 1.80. The molecule has 0 saturated carbocycles. The van der Waals surface area contributed by atoms with Crippen molar-refractivity contribution >= 4 is 44.8 Å². The predicted molar refractivity (Wildman–Crippen MR) is 100 cm³/mol. The number of nitrogens with zero attached hydrogens (tertiary/aromatic N) is 1. The number of morpholine rings is 1. The van der Waals surface area contributed by atoms with Crippen molar-refractivity contribution in [3.63, 3.8) is 0 Å². The van der Waals surface area contributed by atoms with E-state index >= 15 is 0 Å². The average Bonchev–Trinajstić information content (AvgIpc) is 2.62. The number of ether oxygens (including phenoxy) is 1. The second-order valence-corrected chi connectivity index (χ2v) is 8.21. The van der Waals surface area contributed by atoms with Crippen LogP contribution in [-0.4, -0.2) is 45.5 Å². The van der Waals surface area contributed by atoms with E-state index in [1.165, 1.54) is 36.4 Å². The molecule has 0 aliphatic carbocycles. The van der Waals surface area contributed by atoms with Gasteiger partial charge in [-0.05, 0) is 42.5 Å². The Balaban J connectivity index is 1.92. The number of hydrogen-bond acceptors (Lipinski definition) is 4. The van der Waals surface area contributed by atoms with Gasteiger partial charge in [0.15, 0.2) is 0 Å². The molecule has 1 N–H and O–H groups in total. The quantitative estimate of drug-likeness (QED) is 0.832. The minimum atomic E-state index is -3.90. The molecule has 26 heavy (non-hydrogen) atoms. The number of carbonyl (C=O) groups is 1. The fourth-order valence-corrected chi connectivity index (χ4v) is 3.91. The highest BCUT2D eigenvalue weighted by Gasteiger charge is 2.24. The minimum absolute atomic E-state index is 0.0339. The molecular weight excluding hydrogens is 399 g/mol. The van der Waals surface area contributed by atoms with Gasteiger partial charge in [0, 0.05) is 23.1 Å². The van der Waals surface area contributed by atoms with Crippen LogP contribution in [0.25, 0.3) is 0 Å². The van der Waals surface area contributed by atoms with E-state index in [2.05, 4.69) is 4.72 Å². The topological polar surface area (TPSA) is 75.7 Å². The van der Waals surface area contributed by atoms with Crippen LogP contribution in [0.3, 0.4) is 0 Å². The van der Waals surface area contributed by atoms with Crippen molar-refractivity contribution in [1.29, 1.82) is 0 Å². The van der Waals surface area contributed by atoms with E-state index in [4.69, 9.17) is 27.9 Å². The lowest BCUT2D eigenvalue weighted by molar-refractivity contribution is 0.0303. The molecule has 1 amide bonds. The number of hydrogen-bond donors (Lipinski definition) is 1. The summed E-state index contributed by atoms with van der Waals surface area (Å²) in [4.78, 5) is 14.4. The first-order valence-electron chi connectivity index (χ1n) is 7.82. The van der Waals surface area contributed by atoms with Crippen molar-refractivity contribution < 1.29 is 17.9 Å². The number of carbonyl (C=O) groups excluding carboxylic acids is 1. The van der Waals surface area contributed by atoms with Crippen molar-refractivity contribution in [1.82, 2.24) is 4.90 Å². The molecule has 0 bridgehead atoms. The summed E-state index contributed by atoms with van der Waals surface area (Å²) in [6.07, 6.45) is 0. The molecule has 2 aromatic rings. The summed E-state index contributed by atoms with van der Waals surface area (Å²) in [5.41, 5.74) is 0.359. The molecule has 0 atom stereocenters. The lowest BCUT2D eigenvalue weighted by Crippen LogP contribution is -2.41. The largest absolute Gasteiger partial charge is 0.378 e. The van der Waals surface area contributed by atoms with Crippen molar-refractivity contribution in [3.8, 4) is 0 Å². The van der Waals surface area contributed by atoms with Gasteiger partial charge in [-0.3, -0.25) is 9.52 Å². The van der Waals surface area contributed by atoms with E-state index in [0.717, 1.165) is 0 Å². The zero-order valence-corrected chi connectivity index (χ0v) is 15.9. The van der Waals surface area contributed by atoms with Gasteiger partial charge in [0.2, 0.25) is 0 Å². The molecule has 1 heterocycles. The van der Waals surface area contributed by atoms with Gasteiger partial charge in [-0.1, -0.05) is 23.2 Å². The molecule has 1 aliphatic heterocycles. The molecular formula is C17H16Cl2N2O4S. The van der Waals surface area contributed by atoms with Crippen LogP contribution in [0.15, 0.2) is 47.4 Å². The standard InChI is InChI=1S/C17H16Cl2N2O4S/c18-12-1-4-14(5-2-12)26(23,24)20-16-11-13(19)3-6-15(16)17(22)21-7-9-25-10-8-21/h1-6,11,20H,7-10H2. The number of benzene rings is 2. The molecule has 6 nitrogen and oxygen atoms in total. The predicted octanol–water partition coefficient (Wildman–Crippen LogP) is 3.27. The third kappa shape index (κ3) is 4.29. The number of anilines is 1. The lowest BCUT2D eigenvalue weighted by Gasteiger charge is -2.27. The Labute approximate surface area is 161 Å². The van der Waals surface area contributed by atoms with Gasteiger partial charge in [-0.15, -0.1) is 0 Å². The molecule has 0 radical (unpaired) electrons. The first kappa shape index (κ1) is 19.0. The van der Waals surface area contributed by atoms with Gasteiger partial charge < -0.3 is 9.64 Å². The highest BCUT2D eigenvalue weighted by molar-refractivity contribution is 7.92. The highest BCUT2D eigenvalue weighted by Crippen LogP contribution is 2.26. The summed E-state index contributed by atoms with van der Waals surface area (Å²) in [5, 5.41) is 0.743. The van der Waals surface area contributed by atoms with Gasteiger partial charge in [0.05, 0.1) is 29.4 Å². The molecule has 138 valence electrons. The fourth-order valence-electron chi connectivity index (χ4n) is 2.54. The normalized spacial score (nSPS) is 14.9. The Morgan fingerprint density at radius 3 is 2.27 bits per heavy atom. The monoisotopic (exact) mass is 414 g/mol. The molecule has 0 aromatic heterocycles. The summed E-state index contributed by atoms with van der Waals surface area (Å²) in [7, 11) is -3.90. The van der Waals surface area contributed by atoms with Gasteiger partial charge >= 0.3 is 0 Å². The van der Waals surface area contributed by atoms with E-state index in [1.54, 1.807) is 11.0 Å². The van der Waals surface area contributed by atoms with Gasteiger partial charge in [-0.2, -0.15) is 0 Å². The second-order valence-electron chi connectivity index (χ2n) is 5.65. The molecule has 0 unspecified atom stereocenters. The third-order valence-electron chi connectivity index (χ3n) is 3.88. The third-order valence-corrected chi connectivity index (χ3v) is 5.75. The van der Waals surface area contributed by atoms with Gasteiger partial charge in [0.1, 0.15) is 0 Å². The molecule has 1 fully saturated rings. The summed E-state index contributed by atoms with van der Waals surface area (Å²) in [5.74, 6) is -0.279. The van der Waals surface area contributed by atoms with Crippen LogP contribution in [0, 0.1) is 0 Å². The van der Waals surface area contributed by atoms with Crippen LogP contribution in [0.5, 0.6) is 0 Å². The number of amides is 1. The second kappa shape index (κ2) is 7.84. The maximum Gasteiger partial charge on any atom is 0.261 e. The van der Waals surface area contributed by atoms with Gasteiger partial charge in [0.25, 0.3) is 15.9 Å². The molecule has 9 heteroatoms. The van der Waals surface area contributed by atoms with Crippen LogP contribution in [0.2, 0.25) is 10.0 Å². The Hall–Kier alpha value is -1.80. The molecule has 3 rings (SSSR count). The molecule has 1 aliphatic rings. The molecule has 2 aromatic carbocycles. The SMILES string of the molecule is O=C(c1ccc(Cl)cc1NS(=O)(=O)c1ccc(Cl)cc1)N1CCOCC1. The first-order valence-corrected chi connectivity index (χ1v) is 10.1. The highest BCUT2D eigenvalue weighted by atomic mass is 35.5. The van der Waals surface area contributed by atoms with E-state index < -0.39 is 10.0 Å². The number of halogens is 2. The average molecular weight is 415 g/mol. The summed E-state index contributed by atoms with van der Waals surface area (Å²) < 4.78 is 33.0. The van der Waals surface area contributed by atoms with Crippen LogP contribution in [-0.2, 0) is 14.8 Å².